The molecule has 0 aliphatic heterocycles. The highest BCUT2D eigenvalue weighted by molar-refractivity contribution is 7.85. The van der Waals surface area contributed by atoms with Crippen molar-refractivity contribution in [2.24, 2.45) is 5.73 Å². The highest BCUT2D eigenvalue weighted by Crippen LogP contribution is 2.46. The monoisotopic (exact) mass is 904 g/mol. The molecule has 0 saturated heterocycles. The van der Waals surface area contributed by atoms with Gasteiger partial charge in [-0.15, -0.1) is 0 Å². The van der Waals surface area contributed by atoms with Crippen molar-refractivity contribution >= 4 is 10.1 Å². The number of hydrogen-bond donors (Lipinski definition) is 2. The van der Waals surface area contributed by atoms with Gasteiger partial charge in [-0.1, -0.05) is 167 Å². The first-order valence-electron chi connectivity index (χ1n) is 25.2. The van der Waals surface area contributed by atoms with Crippen LogP contribution in [0, 0.1) is 0 Å². The van der Waals surface area contributed by atoms with Crippen molar-refractivity contribution in [1.82, 2.24) is 0 Å². The fourth-order valence-corrected chi connectivity index (χ4v) is 9.08. The second-order valence-electron chi connectivity index (χ2n) is 16.2. The van der Waals surface area contributed by atoms with Crippen LogP contribution in [-0.2, 0) is 49.7 Å². The Labute approximate surface area is 381 Å². The number of rotatable bonds is 42. The number of hydrogen-bond acceptors (Lipinski definition) is 10. The normalized spacial score (nSPS) is 13.0. The maximum absolute atomic E-state index is 11.3. The van der Waals surface area contributed by atoms with E-state index in [2.05, 4.69) is 13.8 Å². The van der Waals surface area contributed by atoms with Crippen molar-refractivity contribution < 1.29 is 46.1 Å². The topological polar surface area (TPSA) is 145 Å². The molecule has 0 fully saturated rings. The SMILES string of the molecule is CCCCCCCCCCCCCCC(OCC)C(OCC)(OCC)C(OCC)(OCC)C(N)(OCC)OCC.CCCCCCCCCCCCc1ccccc1S(=O)(=O)O. The Morgan fingerprint density at radius 3 is 1.24 bits per heavy atom. The van der Waals surface area contributed by atoms with Crippen molar-refractivity contribution in [2.75, 3.05) is 46.2 Å². The second-order valence-corrected chi connectivity index (χ2v) is 17.6. The number of aryl methyl sites for hydroxylation is 1. The molecule has 0 aliphatic carbocycles. The fourth-order valence-electron chi connectivity index (χ4n) is 8.33. The van der Waals surface area contributed by atoms with Crippen LogP contribution in [0.2, 0.25) is 0 Å². The van der Waals surface area contributed by atoms with E-state index in [0.29, 0.717) is 32.7 Å². The van der Waals surface area contributed by atoms with Crippen LogP contribution in [0.15, 0.2) is 29.2 Å². The van der Waals surface area contributed by atoms with Crippen LogP contribution in [0.4, 0.5) is 0 Å². The van der Waals surface area contributed by atoms with Gasteiger partial charge < -0.3 is 33.2 Å². The molecule has 1 unspecified atom stereocenters. The van der Waals surface area contributed by atoms with Gasteiger partial charge in [0.25, 0.3) is 27.6 Å². The van der Waals surface area contributed by atoms with Gasteiger partial charge in [0.15, 0.2) is 0 Å². The van der Waals surface area contributed by atoms with Crippen LogP contribution in [0.5, 0.6) is 0 Å². The maximum Gasteiger partial charge on any atom is 0.298 e. The molecule has 1 atom stereocenters. The minimum absolute atomic E-state index is 0.0610. The summed E-state index contributed by atoms with van der Waals surface area (Å²) in [4.78, 5) is 0.0610. The van der Waals surface area contributed by atoms with E-state index in [0.717, 1.165) is 31.2 Å². The largest absolute Gasteiger partial charge is 0.373 e. The fraction of sp³-hybridized carbons (Fsp3) is 0.880. The summed E-state index contributed by atoms with van der Waals surface area (Å²) in [5, 5.41) is 0. The van der Waals surface area contributed by atoms with Gasteiger partial charge in [-0.05, 0) is 79.4 Å². The predicted octanol–water partition coefficient (Wildman–Crippen LogP) is 13.1. The van der Waals surface area contributed by atoms with E-state index in [9.17, 15) is 13.0 Å². The molecule has 368 valence electrons. The first-order chi connectivity index (χ1) is 29.9. The molecule has 62 heavy (non-hydrogen) atoms. The molecule has 12 heteroatoms. The van der Waals surface area contributed by atoms with Gasteiger partial charge in [0, 0.05) is 46.2 Å². The van der Waals surface area contributed by atoms with E-state index < -0.39 is 33.7 Å². The highest BCUT2D eigenvalue weighted by atomic mass is 32.2. The molecule has 0 heterocycles. The molecule has 0 aromatic heterocycles. The van der Waals surface area contributed by atoms with Crippen LogP contribution >= 0.6 is 0 Å². The number of benzene rings is 1. The first-order valence-corrected chi connectivity index (χ1v) is 26.7. The summed E-state index contributed by atoms with van der Waals surface area (Å²) >= 11 is 0. The molecular formula is C50H97NO10S. The van der Waals surface area contributed by atoms with Gasteiger partial charge in [0.2, 0.25) is 0 Å². The third kappa shape index (κ3) is 22.8. The van der Waals surface area contributed by atoms with E-state index in [1.165, 1.54) is 122 Å². The quantitative estimate of drug-likeness (QED) is 0.0367. The molecule has 0 saturated carbocycles. The van der Waals surface area contributed by atoms with Gasteiger partial charge >= 0.3 is 0 Å². The van der Waals surface area contributed by atoms with Gasteiger partial charge in [-0.25, -0.2) is 0 Å². The van der Waals surface area contributed by atoms with E-state index in [1.807, 2.05) is 54.5 Å². The van der Waals surface area contributed by atoms with Crippen molar-refractivity contribution in [1.29, 1.82) is 0 Å². The van der Waals surface area contributed by atoms with Crippen LogP contribution in [0.25, 0.3) is 0 Å². The van der Waals surface area contributed by atoms with Crippen molar-refractivity contribution in [3.8, 4) is 0 Å². The Kier molecular flexibility index (Phi) is 37.2. The summed E-state index contributed by atoms with van der Waals surface area (Å²) in [7, 11) is -4.10. The zero-order chi connectivity index (χ0) is 46.4. The Morgan fingerprint density at radius 1 is 0.500 bits per heavy atom. The summed E-state index contributed by atoms with van der Waals surface area (Å²) in [6, 6.07) is 6.73. The standard InChI is InChI=1S/C32H67NO7.C18H30O3S/c1-9-17-18-19-20-21-22-23-24-25-26-27-28-29(34-10-2)30(35-11-3,36-12-4)31(37-13-5,38-14-6)32(33,39-15-7)40-16-8;1-2-3-4-5-6-7-8-9-10-11-14-17-15-12-13-16-18(17)22(19,20)21/h29H,9-28,33H2,1-8H3;12-13,15-16H,2-11,14H2,1H3,(H,19,20,21). The summed E-state index contributed by atoms with van der Waals surface area (Å²) < 4.78 is 76.2. The third-order valence-corrected chi connectivity index (χ3v) is 12.2. The summed E-state index contributed by atoms with van der Waals surface area (Å²) in [6.07, 6.45) is 28.8. The Hall–Kier alpha value is -1.19. The molecule has 0 spiro atoms. The second kappa shape index (κ2) is 38.0. The lowest BCUT2D eigenvalue weighted by Gasteiger charge is -2.56. The molecule has 1 aromatic rings. The van der Waals surface area contributed by atoms with Crippen molar-refractivity contribution in [3.63, 3.8) is 0 Å². The summed E-state index contributed by atoms with van der Waals surface area (Å²) in [5.74, 6) is -5.09. The molecule has 0 amide bonds. The number of nitrogens with two attached hydrogens (primary N) is 1. The number of ether oxygens (including phenoxy) is 7. The van der Waals surface area contributed by atoms with Crippen LogP contribution in [0.3, 0.4) is 0 Å². The van der Waals surface area contributed by atoms with Gasteiger partial charge in [-0.2, -0.15) is 8.42 Å². The average molecular weight is 904 g/mol. The molecule has 0 aliphatic rings. The molecule has 11 nitrogen and oxygen atoms in total. The van der Waals surface area contributed by atoms with Crippen molar-refractivity contribution in [2.45, 2.75) is 245 Å². The minimum atomic E-state index is -4.10. The lowest BCUT2D eigenvalue weighted by molar-refractivity contribution is -0.507. The van der Waals surface area contributed by atoms with Gasteiger partial charge in [0.05, 0.1) is 4.90 Å². The zero-order valence-electron chi connectivity index (χ0n) is 41.4. The van der Waals surface area contributed by atoms with Gasteiger partial charge in [0.1, 0.15) is 6.10 Å². The van der Waals surface area contributed by atoms with Crippen LogP contribution in [-0.4, -0.2) is 82.8 Å². The van der Waals surface area contributed by atoms with Crippen molar-refractivity contribution in [3.05, 3.63) is 29.8 Å². The molecule has 1 aromatic carbocycles. The predicted molar refractivity (Wildman–Crippen MR) is 255 cm³/mol. The molecular weight excluding hydrogens is 807 g/mol. The highest BCUT2D eigenvalue weighted by Gasteiger charge is 2.72. The summed E-state index contributed by atoms with van der Waals surface area (Å²) in [6.45, 7) is 20.1. The average Bonchev–Trinajstić information content (AvgIpc) is 3.24. The molecule has 3 N–H and O–H groups in total. The minimum Gasteiger partial charge on any atom is -0.373 e. The van der Waals surface area contributed by atoms with Crippen LogP contribution < -0.4 is 5.73 Å². The molecule has 0 bridgehead atoms. The lowest BCUT2D eigenvalue weighted by atomic mass is 9.90. The third-order valence-electron chi connectivity index (χ3n) is 11.2. The molecule has 1 rings (SSSR count). The smallest absolute Gasteiger partial charge is 0.298 e. The van der Waals surface area contributed by atoms with E-state index in [4.69, 9.17) is 38.9 Å². The van der Waals surface area contributed by atoms with E-state index >= 15 is 0 Å². The Bertz CT molecular complexity index is 1250. The van der Waals surface area contributed by atoms with Gasteiger partial charge in [-0.3, -0.25) is 10.3 Å². The summed E-state index contributed by atoms with van der Waals surface area (Å²) in [5.41, 5.74) is 7.64. The number of unbranched alkanes of at least 4 members (excludes halogenated alkanes) is 20. The Balaban J connectivity index is 0.00000142. The molecule has 0 radical (unpaired) electrons. The lowest BCUT2D eigenvalue weighted by Crippen LogP contribution is -2.80. The van der Waals surface area contributed by atoms with E-state index in [1.54, 1.807) is 12.1 Å². The zero-order valence-corrected chi connectivity index (χ0v) is 42.2. The first kappa shape index (κ1) is 60.8. The van der Waals surface area contributed by atoms with Crippen LogP contribution in [0.1, 0.15) is 216 Å². The Morgan fingerprint density at radius 2 is 0.871 bits per heavy atom. The van der Waals surface area contributed by atoms with E-state index in [-0.39, 0.29) is 31.3 Å². The maximum atomic E-state index is 11.3.